The van der Waals surface area contributed by atoms with Crippen molar-refractivity contribution in [2.75, 3.05) is 31.1 Å². The molecule has 1 aliphatic heterocycles. The molecule has 0 spiro atoms. The molecule has 0 radical (unpaired) electrons. The summed E-state index contributed by atoms with van der Waals surface area (Å²) in [6.45, 7) is 7.34. The minimum atomic E-state index is -1.78. The fourth-order valence-electron chi connectivity index (χ4n) is 3.74. The van der Waals surface area contributed by atoms with Gasteiger partial charge < -0.3 is 14.9 Å². The number of hydrogen-bond acceptors (Lipinski definition) is 5. The van der Waals surface area contributed by atoms with Crippen molar-refractivity contribution in [3.8, 4) is 0 Å². The molecule has 146 valence electrons. The molecule has 0 bridgehead atoms. The first-order chi connectivity index (χ1) is 13.5. The van der Waals surface area contributed by atoms with Crippen molar-refractivity contribution in [3.05, 3.63) is 57.5 Å². The summed E-state index contributed by atoms with van der Waals surface area (Å²) < 4.78 is 1.67. The van der Waals surface area contributed by atoms with Crippen LogP contribution in [-0.4, -0.2) is 47.1 Å². The van der Waals surface area contributed by atoms with Gasteiger partial charge in [0.1, 0.15) is 5.01 Å². The predicted molar refractivity (Wildman–Crippen MR) is 117 cm³/mol. The van der Waals surface area contributed by atoms with Crippen molar-refractivity contribution in [1.82, 2.24) is 9.88 Å². The van der Waals surface area contributed by atoms with E-state index >= 15 is 0 Å². The fraction of sp³-hybridized carbons (Fsp3) is 0.333. The van der Waals surface area contributed by atoms with Crippen molar-refractivity contribution >= 4 is 49.1 Å². The van der Waals surface area contributed by atoms with Gasteiger partial charge in [-0.05, 0) is 37.4 Å². The quantitative estimate of drug-likeness (QED) is 0.605. The fourth-order valence-corrected chi connectivity index (χ4v) is 5.43. The molecule has 1 amide bonds. The molecule has 0 saturated carbocycles. The van der Waals surface area contributed by atoms with Gasteiger partial charge in [-0.2, -0.15) is 0 Å². The Bertz CT molecular complexity index is 1000. The molecule has 1 aromatic heterocycles. The Kier molecular flexibility index (Phi) is 5.26. The van der Waals surface area contributed by atoms with Crippen molar-refractivity contribution in [1.29, 1.82) is 0 Å². The molecule has 4 rings (SSSR count). The highest BCUT2D eigenvalue weighted by Gasteiger charge is 2.54. The number of aliphatic hydroxyl groups is 1. The number of anilines is 1. The molecular formula is C21H22BrN3O2S. The summed E-state index contributed by atoms with van der Waals surface area (Å²) in [5.74, 6) is -0.333. The predicted octanol–water partition coefficient (Wildman–Crippen LogP) is 3.98. The molecule has 0 aliphatic carbocycles. The Balaban J connectivity index is 1.81. The van der Waals surface area contributed by atoms with Crippen LogP contribution in [0.5, 0.6) is 0 Å². The molecule has 1 aliphatic rings. The normalized spacial score (nSPS) is 19.0. The maximum Gasteiger partial charge on any atom is 0.271 e. The summed E-state index contributed by atoms with van der Waals surface area (Å²) in [6, 6.07) is 13.3. The number of carbonyl (C=O) groups is 1. The van der Waals surface area contributed by atoms with E-state index in [0.717, 1.165) is 35.5 Å². The number of amides is 1. The van der Waals surface area contributed by atoms with Crippen molar-refractivity contribution in [2.45, 2.75) is 19.4 Å². The van der Waals surface area contributed by atoms with Crippen LogP contribution in [-0.2, 0) is 10.4 Å². The van der Waals surface area contributed by atoms with E-state index in [1.165, 1.54) is 11.3 Å². The molecular weight excluding hydrogens is 438 g/mol. The maximum atomic E-state index is 13.5. The van der Waals surface area contributed by atoms with E-state index in [-0.39, 0.29) is 5.91 Å². The van der Waals surface area contributed by atoms with Gasteiger partial charge in [0.15, 0.2) is 0 Å². The number of carbonyl (C=O) groups excluding carboxylic acids is 1. The van der Waals surface area contributed by atoms with Crippen molar-refractivity contribution in [2.24, 2.45) is 0 Å². The Morgan fingerprint density at radius 1 is 1.18 bits per heavy atom. The standard InChI is InChI=1S/C21H22BrN3O2S/c1-3-24(4-2)12-13-25-16-10-7-8-14(22)18(16)21(27,20(25)26)19-23-15-9-5-6-11-17(15)28-19/h5-11,27H,3-4,12-13H2,1-2H3. The number of nitrogens with zero attached hydrogens (tertiary/aromatic N) is 3. The number of halogens is 1. The number of para-hydroxylation sites is 1. The topological polar surface area (TPSA) is 56.7 Å². The lowest BCUT2D eigenvalue weighted by Crippen LogP contribution is -2.44. The van der Waals surface area contributed by atoms with Crippen LogP contribution < -0.4 is 4.90 Å². The van der Waals surface area contributed by atoms with Crippen LogP contribution in [0.25, 0.3) is 10.2 Å². The third kappa shape index (κ3) is 2.97. The third-order valence-corrected chi connectivity index (χ3v) is 7.14. The van der Waals surface area contributed by atoms with Crippen LogP contribution in [0.3, 0.4) is 0 Å². The number of aromatic nitrogens is 1. The van der Waals surface area contributed by atoms with Gasteiger partial charge in [0.2, 0.25) is 5.60 Å². The number of hydrogen-bond donors (Lipinski definition) is 1. The molecule has 1 N–H and O–H groups in total. The van der Waals surface area contributed by atoms with E-state index in [2.05, 4.69) is 39.7 Å². The number of likely N-dealkylation sites (N-methyl/N-ethyl adjacent to an activating group) is 1. The summed E-state index contributed by atoms with van der Waals surface area (Å²) in [5.41, 5.74) is 0.341. The number of thiazole rings is 1. The van der Waals surface area contributed by atoms with Gasteiger partial charge in [-0.3, -0.25) is 4.79 Å². The summed E-state index contributed by atoms with van der Waals surface area (Å²) in [5, 5.41) is 12.1. The lowest BCUT2D eigenvalue weighted by atomic mass is 9.96. The zero-order valence-electron chi connectivity index (χ0n) is 15.9. The Morgan fingerprint density at radius 2 is 1.93 bits per heavy atom. The molecule has 0 saturated heterocycles. The number of rotatable bonds is 6. The van der Waals surface area contributed by atoms with E-state index in [0.29, 0.717) is 21.6 Å². The summed E-state index contributed by atoms with van der Waals surface area (Å²) >= 11 is 4.92. The van der Waals surface area contributed by atoms with E-state index < -0.39 is 5.60 Å². The number of benzene rings is 2. The van der Waals surface area contributed by atoms with Crippen LogP contribution in [0.4, 0.5) is 5.69 Å². The first-order valence-corrected chi connectivity index (χ1v) is 11.0. The first-order valence-electron chi connectivity index (χ1n) is 9.42. The minimum Gasteiger partial charge on any atom is -0.370 e. The highest BCUT2D eigenvalue weighted by molar-refractivity contribution is 9.10. The first kappa shape index (κ1) is 19.5. The second kappa shape index (κ2) is 7.55. The van der Waals surface area contributed by atoms with Crippen LogP contribution in [0, 0.1) is 0 Å². The van der Waals surface area contributed by atoms with E-state index in [1.807, 2.05) is 42.5 Å². The lowest BCUT2D eigenvalue weighted by molar-refractivity contribution is -0.132. The smallest absolute Gasteiger partial charge is 0.271 e. The second-order valence-corrected chi connectivity index (χ2v) is 8.70. The van der Waals surface area contributed by atoms with E-state index in [1.54, 1.807) is 4.90 Å². The van der Waals surface area contributed by atoms with Crippen LogP contribution in [0.15, 0.2) is 46.9 Å². The van der Waals surface area contributed by atoms with Crippen LogP contribution in [0.2, 0.25) is 0 Å². The van der Waals surface area contributed by atoms with Gasteiger partial charge in [-0.15, -0.1) is 11.3 Å². The van der Waals surface area contributed by atoms with E-state index in [9.17, 15) is 9.90 Å². The Hall–Kier alpha value is -1.80. The highest BCUT2D eigenvalue weighted by Crippen LogP contribution is 2.49. The molecule has 2 aromatic carbocycles. The zero-order chi connectivity index (χ0) is 19.9. The molecule has 0 fully saturated rings. The zero-order valence-corrected chi connectivity index (χ0v) is 18.3. The summed E-state index contributed by atoms with van der Waals surface area (Å²) in [7, 11) is 0. The second-order valence-electron chi connectivity index (χ2n) is 6.81. The molecule has 1 atom stereocenters. The van der Waals surface area contributed by atoms with E-state index in [4.69, 9.17) is 0 Å². The monoisotopic (exact) mass is 459 g/mol. The molecule has 1 unspecified atom stereocenters. The molecule has 7 heteroatoms. The van der Waals surface area contributed by atoms with Gasteiger partial charge in [0, 0.05) is 23.1 Å². The van der Waals surface area contributed by atoms with Gasteiger partial charge in [0.25, 0.3) is 5.91 Å². The number of fused-ring (bicyclic) bond motifs is 2. The lowest BCUT2D eigenvalue weighted by Gasteiger charge is -2.24. The van der Waals surface area contributed by atoms with Gasteiger partial charge in [-0.1, -0.05) is 48.0 Å². The average Bonchev–Trinajstić information content (AvgIpc) is 3.23. The van der Waals surface area contributed by atoms with Gasteiger partial charge >= 0.3 is 0 Å². The van der Waals surface area contributed by atoms with Crippen LogP contribution in [0.1, 0.15) is 24.4 Å². The molecule has 2 heterocycles. The molecule has 3 aromatic rings. The Morgan fingerprint density at radius 3 is 2.64 bits per heavy atom. The molecule has 28 heavy (non-hydrogen) atoms. The third-order valence-electron chi connectivity index (χ3n) is 5.34. The highest BCUT2D eigenvalue weighted by atomic mass is 79.9. The summed E-state index contributed by atoms with van der Waals surface area (Å²) in [6.07, 6.45) is 0. The Labute approximate surface area is 176 Å². The minimum absolute atomic E-state index is 0.333. The van der Waals surface area contributed by atoms with Crippen molar-refractivity contribution < 1.29 is 9.90 Å². The van der Waals surface area contributed by atoms with Gasteiger partial charge in [-0.25, -0.2) is 4.98 Å². The van der Waals surface area contributed by atoms with Gasteiger partial charge in [0.05, 0.1) is 15.9 Å². The largest absolute Gasteiger partial charge is 0.370 e. The average molecular weight is 460 g/mol. The molecule has 5 nitrogen and oxygen atoms in total. The maximum absolute atomic E-state index is 13.5. The summed E-state index contributed by atoms with van der Waals surface area (Å²) in [4.78, 5) is 22.1. The SMILES string of the molecule is CCN(CC)CCN1C(=O)C(O)(c2nc3ccccc3s2)c2c(Br)cccc21. The van der Waals surface area contributed by atoms with Crippen LogP contribution >= 0.6 is 27.3 Å². The van der Waals surface area contributed by atoms with Crippen molar-refractivity contribution in [3.63, 3.8) is 0 Å².